The number of hydrogen-bond acceptors (Lipinski definition) is 4. The quantitative estimate of drug-likeness (QED) is 0.809. The van der Waals surface area contributed by atoms with Gasteiger partial charge in [0, 0.05) is 17.4 Å². The summed E-state index contributed by atoms with van der Waals surface area (Å²) in [7, 11) is 1.49. The van der Waals surface area contributed by atoms with Gasteiger partial charge in [0.15, 0.2) is 0 Å². The third-order valence-corrected chi connectivity index (χ3v) is 4.37. The lowest BCUT2D eigenvalue weighted by Gasteiger charge is -2.22. The molecule has 1 aromatic rings. The van der Waals surface area contributed by atoms with Crippen molar-refractivity contribution in [1.29, 1.82) is 0 Å². The van der Waals surface area contributed by atoms with Crippen molar-refractivity contribution in [3.63, 3.8) is 0 Å². The summed E-state index contributed by atoms with van der Waals surface area (Å²) < 4.78 is 5.13. The highest BCUT2D eigenvalue weighted by molar-refractivity contribution is 7.99. The van der Waals surface area contributed by atoms with E-state index in [1.165, 1.54) is 13.2 Å². The predicted octanol–water partition coefficient (Wildman–Crippen LogP) is 3.22. The molecule has 1 amide bonds. The molecule has 0 saturated heterocycles. The maximum atomic E-state index is 12.2. The van der Waals surface area contributed by atoms with Gasteiger partial charge >= 0.3 is 0 Å². The Morgan fingerprint density at radius 3 is 2.60 bits per heavy atom. The maximum absolute atomic E-state index is 12.2. The third-order valence-electron chi connectivity index (χ3n) is 2.79. The van der Waals surface area contributed by atoms with Crippen molar-refractivity contribution < 1.29 is 9.53 Å². The fraction of sp³-hybridized carbons (Fsp3) is 0.462. The molecule has 1 rings (SSSR count). The first kappa shape index (κ1) is 19.2. The minimum atomic E-state index is -0.221. The number of ether oxygens (including phenoxy) is 1. The zero-order valence-electron chi connectivity index (χ0n) is 12.0. The number of anilines is 1. The normalized spacial score (nSPS) is 10.7. The molecular formula is C13H20Cl2N2O2S. The number of amides is 1. The molecule has 20 heavy (non-hydrogen) atoms. The standard InChI is InChI=1S/C13H19ClN2O2S.ClH/c1-13(2,19-4)7-16-12(17)8-5-9(14)10(15)6-11(8)18-3;/h5-6H,7,15H2,1-4H3,(H,16,17);1H. The van der Waals surface area contributed by atoms with Gasteiger partial charge in [-0.15, -0.1) is 12.4 Å². The number of halogens is 2. The van der Waals surface area contributed by atoms with Gasteiger partial charge in [0.05, 0.1) is 23.4 Å². The molecule has 0 radical (unpaired) electrons. The molecule has 3 N–H and O–H groups in total. The predicted molar refractivity (Wildman–Crippen MR) is 89.6 cm³/mol. The van der Waals surface area contributed by atoms with Gasteiger partial charge in [-0.1, -0.05) is 11.6 Å². The summed E-state index contributed by atoms with van der Waals surface area (Å²) in [6.45, 7) is 4.68. The number of carbonyl (C=O) groups is 1. The van der Waals surface area contributed by atoms with Gasteiger partial charge < -0.3 is 15.8 Å². The molecule has 0 fully saturated rings. The summed E-state index contributed by atoms with van der Waals surface area (Å²) in [4.78, 5) is 12.2. The minimum Gasteiger partial charge on any atom is -0.496 e. The van der Waals surface area contributed by atoms with Gasteiger partial charge in [-0.2, -0.15) is 11.8 Å². The van der Waals surface area contributed by atoms with Gasteiger partial charge in [0.1, 0.15) is 5.75 Å². The molecule has 0 atom stereocenters. The molecule has 0 aliphatic heterocycles. The SMILES string of the molecule is COc1cc(N)c(Cl)cc1C(=O)NCC(C)(C)SC.Cl. The molecule has 0 aromatic heterocycles. The zero-order chi connectivity index (χ0) is 14.6. The van der Waals surface area contributed by atoms with Crippen LogP contribution in [0, 0.1) is 0 Å². The van der Waals surface area contributed by atoms with Gasteiger partial charge in [-0.25, -0.2) is 0 Å². The number of nitrogens with two attached hydrogens (primary N) is 1. The Balaban J connectivity index is 0.00000361. The Kier molecular flexibility index (Phi) is 7.55. The number of hydrogen-bond donors (Lipinski definition) is 2. The van der Waals surface area contributed by atoms with E-state index in [-0.39, 0.29) is 23.1 Å². The first-order valence-corrected chi connectivity index (χ1v) is 7.37. The van der Waals surface area contributed by atoms with Gasteiger partial charge in [-0.05, 0) is 26.2 Å². The van der Waals surface area contributed by atoms with Crippen molar-refractivity contribution in [2.45, 2.75) is 18.6 Å². The van der Waals surface area contributed by atoms with Crippen LogP contribution >= 0.6 is 35.8 Å². The molecule has 0 bridgehead atoms. The van der Waals surface area contributed by atoms with Gasteiger partial charge in [0.25, 0.3) is 5.91 Å². The molecule has 7 heteroatoms. The number of nitrogens with one attached hydrogen (secondary N) is 1. The van der Waals surface area contributed by atoms with Crippen LogP contribution in [0.4, 0.5) is 5.69 Å². The van der Waals surface area contributed by atoms with Crippen LogP contribution in [-0.4, -0.2) is 30.6 Å². The summed E-state index contributed by atoms with van der Waals surface area (Å²) in [6.07, 6.45) is 2.01. The van der Waals surface area contributed by atoms with Crippen LogP contribution in [-0.2, 0) is 0 Å². The largest absolute Gasteiger partial charge is 0.496 e. The summed E-state index contributed by atoms with van der Waals surface area (Å²) in [5.41, 5.74) is 6.46. The average molecular weight is 339 g/mol. The van der Waals surface area contributed by atoms with Crippen molar-refractivity contribution in [2.75, 3.05) is 25.6 Å². The maximum Gasteiger partial charge on any atom is 0.255 e. The van der Waals surface area contributed by atoms with E-state index in [4.69, 9.17) is 22.1 Å². The second kappa shape index (κ2) is 7.86. The number of thioether (sulfide) groups is 1. The van der Waals surface area contributed by atoms with Crippen LogP contribution in [0.25, 0.3) is 0 Å². The highest BCUT2D eigenvalue weighted by Gasteiger charge is 2.20. The lowest BCUT2D eigenvalue weighted by molar-refractivity contribution is 0.0948. The Morgan fingerprint density at radius 1 is 1.50 bits per heavy atom. The monoisotopic (exact) mass is 338 g/mol. The number of methoxy groups -OCH3 is 1. The van der Waals surface area contributed by atoms with Gasteiger partial charge in [-0.3, -0.25) is 4.79 Å². The molecule has 114 valence electrons. The van der Waals surface area contributed by atoms with Crippen molar-refractivity contribution in [2.24, 2.45) is 0 Å². The first-order chi connectivity index (χ1) is 8.80. The summed E-state index contributed by atoms with van der Waals surface area (Å²) in [5, 5.41) is 3.21. The molecule has 4 nitrogen and oxygen atoms in total. The van der Waals surface area contributed by atoms with Crippen molar-refractivity contribution in [3.8, 4) is 5.75 Å². The Labute approximate surface area is 135 Å². The molecular weight excluding hydrogens is 319 g/mol. The molecule has 0 spiro atoms. The number of benzene rings is 1. The smallest absolute Gasteiger partial charge is 0.255 e. The van der Waals surface area contributed by atoms with Crippen LogP contribution in [0.1, 0.15) is 24.2 Å². The van der Waals surface area contributed by atoms with E-state index in [9.17, 15) is 4.79 Å². The van der Waals surface area contributed by atoms with Crippen LogP contribution in [0.15, 0.2) is 12.1 Å². The van der Waals surface area contributed by atoms with Gasteiger partial charge in [0.2, 0.25) is 0 Å². The fourth-order valence-corrected chi connectivity index (χ4v) is 1.76. The van der Waals surface area contributed by atoms with Crippen molar-refractivity contribution in [1.82, 2.24) is 5.32 Å². The second-order valence-electron chi connectivity index (χ2n) is 4.72. The van der Waals surface area contributed by atoms with Crippen LogP contribution in [0.3, 0.4) is 0 Å². The van der Waals surface area contributed by atoms with E-state index < -0.39 is 0 Å². The molecule has 1 aromatic carbocycles. The topological polar surface area (TPSA) is 64.3 Å². The Hall–Kier alpha value is -0.780. The molecule has 0 heterocycles. The fourth-order valence-electron chi connectivity index (χ4n) is 1.38. The summed E-state index contributed by atoms with van der Waals surface area (Å²) in [6, 6.07) is 3.08. The van der Waals surface area contributed by atoms with E-state index in [0.29, 0.717) is 28.6 Å². The van der Waals surface area contributed by atoms with Crippen LogP contribution < -0.4 is 15.8 Å². The van der Waals surface area contributed by atoms with Crippen LogP contribution in [0.5, 0.6) is 5.75 Å². The highest BCUT2D eigenvalue weighted by atomic mass is 35.5. The Morgan fingerprint density at radius 2 is 2.10 bits per heavy atom. The average Bonchev–Trinajstić information content (AvgIpc) is 2.38. The Bertz CT molecular complexity index is 482. The lowest BCUT2D eigenvalue weighted by Crippen LogP contribution is -2.36. The van der Waals surface area contributed by atoms with Crippen molar-refractivity contribution >= 4 is 47.4 Å². The highest BCUT2D eigenvalue weighted by Crippen LogP contribution is 2.29. The van der Waals surface area contributed by atoms with E-state index in [0.717, 1.165) is 0 Å². The molecule has 0 saturated carbocycles. The van der Waals surface area contributed by atoms with Crippen LogP contribution in [0.2, 0.25) is 5.02 Å². The van der Waals surface area contributed by atoms with Crippen molar-refractivity contribution in [3.05, 3.63) is 22.7 Å². The molecule has 0 aliphatic rings. The summed E-state index contributed by atoms with van der Waals surface area (Å²) >= 11 is 7.63. The zero-order valence-corrected chi connectivity index (χ0v) is 14.3. The third kappa shape index (κ3) is 4.96. The number of nitrogen functional groups attached to an aromatic ring is 1. The number of rotatable bonds is 5. The number of carbonyl (C=O) groups excluding carboxylic acids is 1. The minimum absolute atomic E-state index is 0. The lowest BCUT2D eigenvalue weighted by atomic mass is 10.1. The second-order valence-corrected chi connectivity index (χ2v) is 6.64. The molecule has 0 aliphatic carbocycles. The van der Waals surface area contributed by atoms with E-state index >= 15 is 0 Å². The van der Waals surface area contributed by atoms with E-state index in [1.807, 2.05) is 6.26 Å². The molecule has 0 unspecified atom stereocenters. The van der Waals surface area contributed by atoms with E-state index in [2.05, 4.69) is 19.2 Å². The summed E-state index contributed by atoms with van der Waals surface area (Å²) in [5.74, 6) is 0.197. The van der Waals surface area contributed by atoms with E-state index in [1.54, 1.807) is 17.8 Å². The first-order valence-electron chi connectivity index (χ1n) is 5.77.